The summed E-state index contributed by atoms with van der Waals surface area (Å²) >= 11 is 2.10. The summed E-state index contributed by atoms with van der Waals surface area (Å²) in [5.41, 5.74) is 11.7. The van der Waals surface area contributed by atoms with Crippen LogP contribution in [0.25, 0.3) is 55.5 Å². The summed E-state index contributed by atoms with van der Waals surface area (Å²) in [5, 5.41) is 2.19. The fourth-order valence-electron chi connectivity index (χ4n) is 9.84. The van der Waals surface area contributed by atoms with Gasteiger partial charge in [0.15, 0.2) is 0 Å². The third-order valence-electron chi connectivity index (χ3n) is 12.6. The molecular weight excluding hydrogens is 932 g/mol. The number of aromatic nitrogens is 4. The number of benzene rings is 7. The van der Waals surface area contributed by atoms with Crippen molar-refractivity contribution < 1.29 is 32.9 Å². The van der Waals surface area contributed by atoms with Gasteiger partial charge in [0.2, 0.25) is 0 Å². The first kappa shape index (κ1) is 33.0. The molecular formula is C54H40N4O2Pt. The fourth-order valence-corrected chi connectivity index (χ4v) is 10.7. The number of imidazole rings is 1. The Labute approximate surface area is 368 Å². The number of pyridine rings is 1. The van der Waals surface area contributed by atoms with Gasteiger partial charge in [0.1, 0.15) is 11.5 Å². The molecule has 3 aromatic heterocycles. The number of nitrogens with zero attached hydrogens (tertiary/aromatic N) is 4. The van der Waals surface area contributed by atoms with Crippen molar-refractivity contribution in [2.45, 2.75) is 31.6 Å². The molecule has 6 nitrogen and oxygen atoms in total. The fraction of sp³-hybridized carbons (Fsp3) is 0.111. The summed E-state index contributed by atoms with van der Waals surface area (Å²) in [6, 6.07) is 56.5. The van der Waals surface area contributed by atoms with Crippen LogP contribution in [-0.2, 0) is 37.2 Å². The molecule has 298 valence electrons. The van der Waals surface area contributed by atoms with Crippen molar-refractivity contribution in [2.75, 3.05) is 0 Å². The quantitative estimate of drug-likeness (QED) is 0.177. The molecule has 1 aliphatic carbocycles. The van der Waals surface area contributed by atoms with E-state index in [4.69, 9.17) is 18.6 Å². The van der Waals surface area contributed by atoms with Crippen molar-refractivity contribution in [3.05, 3.63) is 202 Å². The summed E-state index contributed by atoms with van der Waals surface area (Å²) < 4.78 is 44.6. The van der Waals surface area contributed by atoms with E-state index in [1.807, 2.05) is 77.5 Å². The van der Waals surface area contributed by atoms with Crippen LogP contribution in [-0.4, -0.2) is 18.7 Å². The molecule has 0 fully saturated rings. The van der Waals surface area contributed by atoms with Crippen LogP contribution in [0.4, 0.5) is 0 Å². The zero-order valence-electron chi connectivity index (χ0n) is 36.6. The van der Waals surface area contributed by atoms with Gasteiger partial charge in [-0.05, 0) is 51.4 Å². The van der Waals surface area contributed by atoms with Gasteiger partial charge in [-0.3, -0.25) is 0 Å². The van der Waals surface area contributed by atoms with Crippen molar-refractivity contribution in [1.82, 2.24) is 18.7 Å². The molecule has 7 aromatic carbocycles. The molecule has 10 aromatic rings. The molecule has 0 radical (unpaired) electrons. The van der Waals surface area contributed by atoms with E-state index in [-0.39, 0.29) is 5.41 Å². The Morgan fingerprint density at radius 1 is 0.590 bits per heavy atom. The van der Waals surface area contributed by atoms with E-state index in [2.05, 4.69) is 142 Å². The summed E-state index contributed by atoms with van der Waals surface area (Å²) in [5.74, 6) is 3.81. The molecule has 12 rings (SSSR count). The first-order valence-corrected chi connectivity index (χ1v) is 21.6. The molecule has 1 spiro atoms. The summed E-state index contributed by atoms with van der Waals surface area (Å²) in [6.07, 6.45) is 1.91. The van der Waals surface area contributed by atoms with Gasteiger partial charge in [-0.1, -0.05) is 81.4 Å². The normalized spacial score (nSPS) is 14.5. The average molecular weight is 975 g/mol. The monoisotopic (exact) mass is 974 g/mol. The van der Waals surface area contributed by atoms with E-state index in [1.165, 1.54) is 32.4 Å². The third-order valence-corrected chi connectivity index (χ3v) is 13.6. The number of hydrogen-bond acceptors (Lipinski definition) is 3. The molecule has 0 saturated heterocycles. The second kappa shape index (κ2) is 13.1. The zero-order chi connectivity index (χ0) is 43.7. The van der Waals surface area contributed by atoms with Crippen molar-refractivity contribution in [1.29, 1.82) is 0 Å². The number of rotatable bonds is 4. The molecule has 0 unspecified atom stereocenters. The number of aryl methyl sites for hydroxylation is 1. The van der Waals surface area contributed by atoms with Crippen molar-refractivity contribution in [3.8, 4) is 45.6 Å². The molecule has 7 heteroatoms. The van der Waals surface area contributed by atoms with E-state index >= 15 is 0 Å². The Balaban J connectivity index is 1.08. The van der Waals surface area contributed by atoms with Crippen LogP contribution < -0.4 is 9.47 Å². The van der Waals surface area contributed by atoms with Gasteiger partial charge < -0.3 is 4.74 Å². The Hall–Kier alpha value is -6.75. The van der Waals surface area contributed by atoms with Gasteiger partial charge in [0, 0.05) is 17.3 Å². The van der Waals surface area contributed by atoms with Crippen LogP contribution in [0.1, 0.15) is 52.7 Å². The van der Waals surface area contributed by atoms with Crippen LogP contribution in [0, 0.1) is 3.80 Å². The van der Waals surface area contributed by atoms with Crippen LogP contribution in [0.5, 0.6) is 23.0 Å². The van der Waals surface area contributed by atoms with Gasteiger partial charge in [-0.25, -0.2) is 0 Å². The Kier molecular flexibility index (Phi) is 7.10. The molecule has 2 aliphatic rings. The van der Waals surface area contributed by atoms with Crippen molar-refractivity contribution in [3.63, 3.8) is 0 Å². The van der Waals surface area contributed by atoms with E-state index in [0.29, 0.717) is 20.8 Å². The molecule has 0 N–H and O–H groups in total. The Morgan fingerprint density at radius 3 is 2.05 bits per heavy atom. The zero-order valence-corrected chi connectivity index (χ0v) is 35.9. The third kappa shape index (κ3) is 5.18. The van der Waals surface area contributed by atoms with Gasteiger partial charge in [-0.2, -0.15) is 0 Å². The topological polar surface area (TPSA) is 46.1 Å². The maximum absolute atomic E-state index is 8.31. The maximum atomic E-state index is 8.31. The van der Waals surface area contributed by atoms with Crippen molar-refractivity contribution >= 4 is 32.8 Å². The standard InChI is InChI=1S/C54H40N4O2.Pt/c1-53(2,3)34-26-27-55-52(28-34)58-48-30-37(59-36-15-13-14-35(29-36)57-33-56(4)46-20-9-10-21-47(46)57)24-25-39(48)41-31-40-38-16-5-6-17-42(38)54(45(40)32-49(41)58)43-18-7-11-22-50(43)60-51-23-12-8-19-44(51)54;/h5-32H,1-4H3;/i4D3;. The molecule has 0 amide bonds. The van der Waals surface area contributed by atoms with Crippen LogP contribution in [0.15, 0.2) is 170 Å². The molecule has 1 aliphatic heterocycles. The average Bonchev–Trinajstić information content (AvgIpc) is 3.88. The molecule has 4 heterocycles. The number of hydrogen-bond donors (Lipinski definition) is 0. The molecule has 0 saturated carbocycles. The van der Waals surface area contributed by atoms with Crippen molar-refractivity contribution in [2.24, 2.45) is 6.98 Å². The van der Waals surface area contributed by atoms with Gasteiger partial charge in [-0.15, -0.1) is 0 Å². The number of ether oxygens (including phenoxy) is 2. The SMILES string of the molecule is [2H]C([2H])([2H])n1[c](=[Pt])n(-c2cccc(Oc3ccc4c5cc6c(cc5n(-c5cc(C(C)(C)C)ccn5)c4c3)C3(c4ccccc4Oc4ccccc43)c3ccccc3-6)c2)c2ccccc21. The van der Waals surface area contributed by atoms with E-state index in [1.54, 1.807) is 0 Å². The first-order chi connectivity index (χ1) is 30.9. The first-order valence-electron chi connectivity index (χ1n) is 21.9. The van der Waals surface area contributed by atoms with Gasteiger partial charge in [0.25, 0.3) is 0 Å². The van der Waals surface area contributed by atoms with Crippen LogP contribution in [0.3, 0.4) is 0 Å². The van der Waals surface area contributed by atoms with Crippen LogP contribution in [0.2, 0.25) is 0 Å². The molecule has 61 heavy (non-hydrogen) atoms. The second-order valence-electron chi connectivity index (χ2n) is 17.0. The van der Waals surface area contributed by atoms with Gasteiger partial charge >= 0.3 is 198 Å². The number of fused-ring (bicyclic) bond motifs is 13. The Bertz CT molecular complexity index is 3600. The molecule has 0 atom stereocenters. The summed E-state index contributed by atoms with van der Waals surface area (Å²) in [4.78, 5) is 5.07. The number of para-hydroxylation sites is 4. The van der Waals surface area contributed by atoms with E-state index in [0.717, 1.165) is 61.5 Å². The Morgan fingerprint density at radius 2 is 1.28 bits per heavy atom. The minimum atomic E-state index is -2.35. The predicted molar refractivity (Wildman–Crippen MR) is 240 cm³/mol. The second-order valence-corrected chi connectivity index (χ2v) is 18.0. The van der Waals surface area contributed by atoms with E-state index < -0.39 is 12.4 Å². The summed E-state index contributed by atoms with van der Waals surface area (Å²) in [7, 11) is 0. The van der Waals surface area contributed by atoms with E-state index in [9.17, 15) is 0 Å². The predicted octanol–water partition coefficient (Wildman–Crippen LogP) is 13.1. The van der Waals surface area contributed by atoms with Gasteiger partial charge in [0.05, 0.1) is 5.41 Å². The minimum absolute atomic E-state index is 0.107. The molecule has 0 bridgehead atoms. The van der Waals surface area contributed by atoms with Crippen LogP contribution >= 0.6 is 0 Å². The summed E-state index contributed by atoms with van der Waals surface area (Å²) in [6.45, 7) is 4.33.